The van der Waals surface area contributed by atoms with Crippen molar-refractivity contribution in [3.05, 3.63) is 24.2 Å². The molecule has 1 aliphatic heterocycles. The number of anilines is 4. The number of carbonyl (C=O) groups is 1. The van der Waals surface area contributed by atoms with Crippen LogP contribution in [0.25, 0.3) is 0 Å². The number of aromatic nitrogens is 4. The number of fused-ring (bicyclic) bond motifs is 1. The van der Waals surface area contributed by atoms with E-state index in [1.807, 2.05) is 11.9 Å². The molecule has 2 aliphatic rings. The van der Waals surface area contributed by atoms with Gasteiger partial charge in [0.1, 0.15) is 35.0 Å². The fourth-order valence-electron chi connectivity index (χ4n) is 2.94. The molecule has 4 rings (SSSR count). The van der Waals surface area contributed by atoms with Crippen LogP contribution in [-0.4, -0.2) is 38.6 Å². The smallest absolute Gasteiger partial charge is 0.258 e. The average molecular weight is 312 g/mol. The molecule has 0 unspecified atom stereocenters. The van der Waals surface area contributed by atoms with Crippen LogP contribution in [0.4, 0.5) is 23.4 Å². The Labute approximate surface area is 132 Å². The zero-order valence-electron chi connectivity index (χ0n) is 12.6. The summed E-state index contributed by atoms with van der Waals surface area (Å²) in [5.74, 6) is 1.70. The van der Waals surface area contributed by atoms with Crippen LogP contribution < -0.4 is 21.3 Å². The molecule has 118 valence electrons. The van der Waals surface area contributed by atoms with Gasteiger partial charge >= 0.3 is 0 Å². The standard InChI is InChI=1S/C14H16N8O/c1-22-11-8(12(23)21-14(22)3-2-4-14)6-16-13(20-11)19-10-5-9(15)17-7-18-10/h5-7H,2-4H2,1H3,(H,21,23)(H3,15,16,17,18,19,20). The van der Waals surface area contributed by atoms with E-state index in [9.17, 15) is 4.79 Å². The largest absolute Gasteiger partial charge is 0.384 e. The monoisotopic (exact) mass is 312 g/mol. The van der Waals surface area contributed by atoms with E-state index in [1.165, 1.54) is 12.5 Å². The molecule has 1 amide bonds. The summed E-state index contributed by atoms with van der Waals surface area (Å²) in [6.07, 6.45) is 5.82. The molecular weight excluding hydrogens is 296 g/mol. The molecule has 4 N–H and O–H groups in total. The maximum Gasteiger partial charge on any atom is 0.258 e. The zero-order chi connectivity index (χ0) is 16.0. The van der Waals surface area contributed by atoms with Gasteiger partial charge in [-0.2, -0.15) is 4.98 Å². The summed E-state index contributed by atoms with van der Waals surface area (Å²) < 4.78 is 0. The number of hydrogen-bond donors (Lipinski definition) is 3. The highest BCUT2D eigenvalue weighted by atomic mass is 16.2. The van der Waals surface area contributed by atoms with Crippen molar-refractivity contribution in [2.24, 2.45) is 0 Å². The molecule has 2 aromatic rings. The number of nitrogens with two attached hydrogens (primary N) is 1. The molecular formula is C14H16N8O. The Morgan fingerprint density at radius 1 is 1.35 bits per heavy atom. The second-order valence-electron chi connectivity index (χ2n) is 5.78. The molecule has 23 heavy (non-hydrogen) atoms. The van der Waals surface area contributed by atoms with E-state index in [4.69, 9.17) is 5.73 Å². The van der Waals surface area contributed by atoms with Crippen LogP contribution in [0, 0.1) is 0 Å². The van der Waals surface area contributed by atoms with Crippen molar-refractivity contribution < 1.29 is 4.79 Å². The van der Waals surface area contributed by atoms with Crippen molar-refractivity contribution in [2.45, 2.75) is 24.9 Å². The number of nitrogen functional groups attached to an aromatic ring is 1. The van der Waals surface area contributed by atoms with Crippen molar-refractivity contribution in [3.63, 3.8) is 0 Å². The Morgan fingerprint density at radius 2 is 2.17 bits per heavy atom. The van der Waals surface area contributed by atoms with Gasteiger partial charge in [0, 0.05) is 19.3 Å². The van der Waals surface area contributed by atoms with Gasteiger partial charge in [-0.3, -0.25) is 4.79 Å². The van der Waals surface area contributed by atoms with Gasteiger partial charge in [0.05, 0.1) is 0 Å². The van der Waals surface area contributed by atoms with Gasteiger partial charge in [0.2, 0.25) is 5.95 Å². The number of nitrogens with one attached hydrogen (secondary N) is 2. The average Bonchev–Trinajstić information content (AvgIpc) is 2.49. The van der Waals surface area contributed by atoms with Crippen LogP contribution in [-0.2, 0) is 0 Å². The predicted molar refractivity (Wildman–Crippen MR) is 84.2 cm³/mol. The molecule has 0 aromatic carbocycles. The lowest BCUT2D eigenvalue weighted by Gasteiger charge is -2.52. The Hall–Kier alpha value is -2.97. The van der Waals surface area contributed by atoms with Crippen molar-refractivity contribution in [2.75, 3.05) is 23.0 Å². The van der Waals surface area contributed by atoms with E-state index in [0.29, 0.717) is 29.0 Å². The highest BCUT2D eigenvalue weighted by Crippen LogP contribution is 2.40. The maximum atomic E-state index is 12.3. The Morgan fingerprint density at radius 3 is 2.87 bits per heavy atom. The molecule has 1 aliphatic carbocycles. The molecule has 1 fully saturated rings. The second-order valence-corrected chi connectivity index (χ2v) is 5.78. The van der Waals surface area contributed by atoms with E-state index >= 15 is 0 Å². The van der Waals surface area contributed by atoms with Crippen LogP contribution in [0.3, 0.4) is 0 Å². The fraction of sp³-hybridized carbons (Fsp3) is 0.357. The summed E-state index contributed by atoms with van der Waals surface area (Å²) in [7, 11) is 1.94. The number of nitrogens with zero attached hydrogens (tertiary/aromatic N) is 5. The van der Waals surface area contributed by atoms with Gasteiger partial charge < -0.3 is 21.3 Å². The van der Waals surface area contributed by atoms with Gasteiger partial charge in [-0.1, -0.05) is 0 Å². The first kappa shape index (κ1) is 13.7. The second kappa shape index (κ2) is 4.77. The van der Waals surface area contributed by atoms with Crippen molar-refractivity contribution >= 4 is 29.3 Å². The van der Waals surface area contributed by atoms with E-state index in [1.54, 1.807) is 6.07 Å². The van der Waals surface area contributed by atoms with E-state index in [-0.39, 0.29) is 11.6 Å². The minimum atomic E-state index is -0.310. The van der Waals surface area contributed by atoms with Gasteiger partial charge in [0.15, 0.2) is 0 Å². The van der Waals surface area contributed by atoms with Crippen LogP contribution >= 0.6 is 0 Å². The summed E-state index contributed by atoms with van der Waals surface area (Å²) in [6, 6.07) is 1.59. The lowest BCUT2D eigenvalue weighted by atomic mass is 9.81. The molecule has 0 bridgehead atoms. The number of rotatable bonds is 2. The molecule has 0 saturated heterocycles. The first-order valence-corrected chi connectivity index (χ1v) is 7.35. The van der Waals surface area contributed by atoms with E-state index in [2.05, 4.69) is 30.6 Å². The molecule has 0 atom stereocenters. The minimum Gasteiger partial charge on any atom is -0.384 e. The molecule has 1 saturated carbocycles. The molecule has 9 heteroatoms. The van der Waals surface area contributed by atoms with Gasteiger partial charge in [-0.05, 0) is 19.3 Å². The first-order valence-electron chi connectivity index (χ1n) is 7.35. The number of amides is 1. The molecule has 1 spiro atoms. The van der Waals surface area contributed by atoms with Crippen LogP contribution in [0.2, 0.25) is 0 Å². The highest BCUT2D eigenvalue weighted by molar-refractivity contribution is 6.01. The normalized spacial score (nSPS) is 18.1. The van der Waals surface area contributed by atoms with Gasteiger partial charge in [0.25, 0.3) is 5.91 Å². The number of carbonyl (C=O) groups excluding carboxylic acids is 1. The summed E-state index contributed by atoms with van der Waals surface area (Å²) in [5, 5.41) is 6.04. The SMILES string of the molecule is CN1c2nc(Nc3cc(N)ncn3)ncc2C(=O)NC12CCC2. The first-order chi connectivity index (χ1) is 11.1. The predicted octanol–water partition coefficient (Wildman–Crippen LogP) is 0.652. The Balaban J connectivity index is 1.68. The van der Waals surface area contributed by atoms with Crippen LogP contribution in [0.5, 0.6) is 0 Å². The maximum absolute atomic E-state index is 12.3. The summed E-state index contributed by atoms with van der Waals surface area (Å²) in [5.41, 5.74) is 5.79. The highest BCUT2D eigenvalue weighted by Gasteiger charge is 2.47. The summed E-state index contributed by atoms with van der Waals surface area (Å²) >= 11 is 0. The molecule has 9 nitrogen and oxygen atoms in total. The third-order valence-corrected chi connectivity index (χ3v) is 4.43. The van der Waals surface area contributed by atoms with Gasteiger partial charge in [-0.15, -0.1) is 0 Å². The van der Waals surface area contributed by atoms with Crippen molar-refractivity contribution in [3.8, 4) is 0 Å². The van der Waals surface area contributed by atoms with Crippen molar-refractivity contribution in [1.82, 2.24) is 25.3 Å². The minimum absolute atomic E-state index is 0.129. The summed E-state index contributed by atoms with van der Waals surface area (Å²) in [4.78, 5) is 30.9. The van der Waals surface area contributed by atoms with E-state index < -0.39 is 0 Å². The topological polar surface area (TPSA) is 122 Å². The van der Waals surface area contributed by atoms with E-state index in [0.717, 1.165) is 19.3 Å². The molecule has 2 aromatic heterocycles. The Kier molecular flexibility index (Phi) is 2.83. The third kappa shape index (κ3) is 2.12. The fourth-order valence-corrected chi connectivity index (χ4v) is 2.94. The summed E-state index contributed by atoms with van der Waals surface area (Å²) in [6.45, 7) is 0. The third-order valence-electron chi connectivity index (χ3n) is 4.43. The number of hydrogen-bond acceptors (Lipinski definition) is 8. The quantitative estimate of drug-likeness (QED) is 0.739. The van der Waals surface area contributed by atoms with Crippen LogP contribution in [0.15, 0.2) is 18.6 Å². The Bertz CT molecular complexity index is 788. The van der Waals surface area contributed by atoms with Gasteiger partial charge in [-0.25, -0.2) is 15.0 Å². The lowest BCUT2D eigenvalue weighted by molar-refractivity contribution is 0.0800. The lowest BCUT2D eigenvalue weighted by Crippen LogP contribution is -2.66. The van der Waals surface area contributed by atoms with Crippen LogP contribution in [0.1, 0.15) is 29.6 Å². The molecule has 3 heterocycles. The molecule has 0 radical (unpaired) electrons. The zero-order valence-corrected chi connectivity index (χ0v) is 12.6. The van der Waals surface area contributed by atoms with Crippen molar-refractivity contribution in [1.29, 1.82) is 0 Å².